The Labute approximate surface area is 118 Å². The molecule has 2 aliphatic heterocycles. The molecule has 0 saturated carbocycles. The molecule has 0 radical (unpaired) electrons. The molecule has 3 rings (SSSR count). The van der Waals surface area contributed by atoms with Crippen LogP contribution in [0.3, 0.4) is 0 Å². The average Bonchev–Trinajstić information content (AvgIpc) is 2.98. The van der Waals surface area contributed by atoms with E-state index in [1.54, 1.807) is 12.1 Å². The maximum Gasteiger partial charge on any atom is 0.308 e. The molecule has 1 aromatic rings. The fourth-order valence-corrected chi connectivity index (χ4v) is 4.11. The standard InChI is InChI=1S/C16H20FNO2/c1-2-14(10-4-3-5-11(17)8-10)18-12-6-7-15(18)13(9-12)16(19)20/h3-5,8,12-15H,2,6-7,9H2,1H3,(H,19,20). The summed E-state index contributed by atoms with van der Waals surface area (Å²) < 4.78 is 13.5. The number of halogens is 1. The summed E-state index contributed by atoms with van der Waals surface area (Å²) in [5, 5.41) is 9.34. The van der Waals surface area contributed by atoms with Gasteiger partial charge in [0.2, 0.25) is 0 Å². The zero-order chi connectivity index (χ0) is 14.3. The minimum absolute atomic E-state index is 0.116. The van der Waals surface area contributed by atoms with Crippen molar-refractivity contribution in [3.05, 3.63) is 35.6 Å². The van der Waals surface area contributed by atoms with E-state index in [0.29, 0.717) is 6.04 Å². The van der Waals surface area contributed by atoms with Gasteiger partial charge in [0.05, 0.1) is 5.92 Å². The fourth-order valence-electron chi connectivity index (χ4n) is 4.11. The van der Waals surface area contributed by atoms with E-state index in [1.807, 2.05) is 6.07 Å². The van der Waals surface area contributed by atoms with Crippen molar-refractivity contribution < 1.29 is 14.3 Å². The lowest BCUT2D eigenvalue weighted by Gasteiger charge is -2.32. The molecule has 0 aliphatic carbocycles. The van der Waals surface area contributed by atoms with Crippen LogP contribution in [0.15, 0.2) is 24.3 Å². The molecule has 4 heteroatoms. The average molecular weight is 277 g/mol. The molecule has 2 aliphatic rings. The number of hydrogen-bond acceptors (Lipinski definition) is 2. The first-order valence-electron chi connectivity index (χ1n) is 7.37. The Hall–Kier alpha value is -1.42. The molecule has 2 bridgehead atoms. The van der Waals surface area contributed by atoms with Crippen molar-refractivity contribution >= 4 is 5.97 Å². The smallest absolute Gasteiger partial charge is 0.308 e. The SMILES string of the molecule is CCC(c1cccc(F)c1)N1C2CCC1C(C(=O)O)C2. The lowest BCUT2D eigenvalue weighted by atomic mass is 9.89. The van der Waals surface area contributed by atoms with Gasteiger partial charge in [-0.25, -0.2) is 4.39 Å². The van der Waals surface area contributed by atoms with Gasteiger partial charge in [-0.3, -0.25) is 9.69 Å². The number of carbonyl (C=O) groups is 1. The third-order valence-electron chi connectivity index (χ3n) is 4.89. The molecular formula is C16H20FNO2. The number of carboxylic acid groups (broad SMARTS) is 1. The van der Waals surface area contributed by atoms with E-state index in [0.717, 1.165) is 31.2 Å². The molecule has 108 valence electrons. The van der Waals surface area contributed by atoms with Crippen molar-refractivity contribution in [1.29, 1.82) is 0 Å². The highest BCUT2D eigenvalue weighted by Gasteiger charge is 2.51. The summed E-state index contributed by atoms with van der Waals surface area (Å²) in [7, 11) is 0. The van der Waals surface area contributed by atoms with Gasteiger partial charge in [0, 0.05) is 18.1 Å². The van der Waals surface area contributed by atoms with Crippen molar-refractivity contribution in [3.63, 3.8) is 0 Å². The Kier molecular flexibility index (Phi) is 3.50. The quantitative estimate of drug-likeness (QED) is 0.918. The maximum atomic E-state index is 13.5. The van der Waals surface area contributed by atoms with Crippen molar-refractivity contribution in [2.45, 2.75) is 50.7 Å². The fraction of sp³-hybridized carbons (Fsp3) is 0.562. The van der Waals surface area contributed by atoms with Gasteiger partial charge >= 0.3 is 5.97 Å². The molecular weight excluding hydrogens is 257 g/mol. The summed E-state index contributed by atoms with van der Waals surface area (Å²) in [6.45, 7) is 2.09. The van der Waals surface area contributed by atoms with E-state index < -0.39 is 5.97 Å². The molecule has 3 nitrogen and oxygen atoms in total. The van der Waals surface area contributed by atoms with Crippen LogP contribution in [0.2, 0.25) is 0 Å². The summed E-state index contributed by atoms with van der Waals surface area (Å²) in [6.07, 6.45) is 3.64. The number of rotatable bonds is 4. The number of nitrogens with zero attached hydrogens (tertiary/aromatic N) is 1. The maximum absolute atomic E-state index is 13.5. The molecule has 4 unspecified atom stereocenters. The topological polar surface area (TPSA) is 40.5 Å². The van der Waals surface area contributed by atoms with E-state index in [4.69, 9.17) is 0 Å². The van der Waals surface area contributed by atoms with Gasteiger partial charge in [-0.15, -0.1) is 0 Å². The van der Waals surface area contributed by atoms with Crippen LogP contribution >= 0.6 is 0 Å². The third kappa shape index (κ3) is 2.12. The van der Waals surface area contributed by atoms with Crippen LogP contribution in [0.25, 0.3) is 0 Å². The van der Waals surface area contributed by atoms with E-state index >= 15 is 0 Å². The third-order valence-corrected chi connectivity index (χ3v) is 4.89. The Morgan fingerprint density at radius 3 is 2.90 bits per heavy atom. The van der Waals surface area contributed by atoms with E-state index in [2.05, 4.69) is 11.8 Å². The zero-order valence-electron chi connectivity index (χ0n) is 11.6. The number of carboxylic acids is 1. The lowest BCUT2D eigenvalue weighted by Crippen LogP contribution is -2.36. The highest BCUT2D eigenvalue weighted by molar-refractivity contribution is 5.71. The van der Waals surface area contributed by atoms with Crippen LogP contribution < -0.4 is 0 Å². The minimum Gasteiger partial charge on any atom is -0.481 e. The predicted octanol–water partition coefficient (Wildman–Crippen LogP) is 3.21. The van der Waals surface area contributed by atoms with Crippen molar-refractivity contribution in [3.8, 4) is 0 Å². The highest BCUT2D eigenvalue weighted by atomic mass is 19.1. The zero-order valence-corrected chi connectivity index (χ0v) is 11.6. The van der Waals surface area contributed by atoms with Crippen molar-refractivity contribution in [2.24, 2.45) is 5.92 Å². The molecule has 2 heterocycles. The molecule has 4 atom stereocenters. The second-order valence-electron chi connectivity index (χ2n) is 5.91. The second kappa shape index (κ2) is 5.17. The molecule has 2 fully saturated rings. The van der Waals surface area contributed by atoms with Gasteiger partial charge in [0.1, 0.15) is 5.82 Å². The largest absolute Gasteiger partial charge is 0.481 e. The van der Waals surface area contributed by atoms with Crippen LogP contribution in [0.4, 0.5) is 4.39 Å². The highest BCUT2D eigenvalue weighted by Crippen LogP contribution is 2.47. The molecule has 1 N–H and O–H groups in total. The molecule has 2 saturated heterocycles. The Balaban J connectivity index is 1.89. The summed E-state index contributed by atoms with van der Waals surface area (Å²) >= 11 is 0. The summed E-state index contributed by atoms with van der Waals surface area (Å²) in [4.78, 5) is 13.7. The van der Waals surface area contributed by atoms with E-state index in [-0.39, 0.29) is 23.8 Å². The van der Waals surface area contributed by atoms with Gasteiger partial charge in [-0.1, -0.05) is 19.1 Å². The Bertz CT molecular complexity index is 519. The monoisotopic (exact) mass is 277 g/mol. The summed E-state index contributed by atoms with van der Waals surface area (Å²) in [6, 6.07) is 7.31. The minimum atomic E-state index is -0.684. The number of fused-ring (bicyclic) bond motifs is 2. The van der Waals surface area contributed by atoms with Gasteiger partial charge in [-0.05, 0) is 43.4 Å². The summed E-state index contributed by atoms with van der Waals surface area (Å²) in [5.41, 5.74) is 0.968. The van der Waals surface area contributed by atoms with Crippen molar-refractivity contribution in [2.75, 3.05) is 0 Å². The van der Waals surface area contributed by atoms with Crippen LogP contribution in [-0.2, 0) is 4.79 Å². The summed E-state index contributed by atoms with van der Waals surface area (Å²) in [5.74, 6) is -1.16. The van der Waals surface area contributed by atoms with Crippen LogP contribution in [0, 0.1) is 11.7 Å². The predicted molar refractivity (Wildman–Crippen MR) is 73.8 cm³/mol. The number of hydrogen-bond donors (Lipinski definition) is 1. The number of aliphatic carboxylic acids is 1. The van der Waals surface area contributed by atoms with Gasteiger partial charge in [0.15, 0.2) is 0 Å². The van der Waals surface area contributed by atoms with Crippen molar-refractivity contribution in [1.82, 2.24) is 4.90 Å². The first kappa shape index (κ1) is 13.6. The number of benzene rings is 1. The molecule has 0 amide bonds. The van der Waals surface area contributed by atoms with Gasteiger partial charge < -0.3 is 5.11 Å². The molecule has 0 spiro atoms. The van der Waals surface area contributed by atoms with E-state index in [1.165, 1.54) is 6.07 Å². The lowest BCUT2D eigenvalue weighted by molar-refractivity contribution is -0.142. The Morgan fingerprint density at radius 2 is 2.30 bits per heavy atom. The second-order valence-corrected chi connectivity index (χ2v) is 5.91. The molecule has 1 aromatic carbocycles. The van der Waals surface area contributed by atoms with E-state index in [9.17, 15) is 14.3 Å². The first-order chi connectivity index (χ1) is 9.61. The van der Waals surface area contributed by atoms with Gasteiger partial charge in [0.25, 0.3) is 0 Å². The van der Waals surface area contributed by atoms with Crippen LogP contribution in [-0.4, -0.2) is 28.1 Å². The molecule has 20 heavy (non-hydrogen) atoms. The first-order valence-corrected chi connectivity index (χ1v) is 7.37. The van der Waals surface area contributed by atoms with Crippen LogP contribution in [0.1, 0.15) is 44.2 Å². The van der Waals surface area contributed by atoms with Crippen LogP contribution in [0.5, 0.6) is 0 Å². The van der Waals surface area contributed by atoms with Gasteiger partial charge in [-0.2, -0.15) is 0 Å². The Morgan fingerprint density at radius 1 is 1.50 bits per heavy atom. The normalized spacial score (nSPS) is 30.6. The molecule has 0 aromatic heterocycles.